The molecule has 0 radical (unpaired) electrons. The van der Waals surface area contributed by atoms with Gasteiger partial charge in [0, 0.05) is 5.75 Å². The first-order chi connectivity index (χ1) is 9.08. The Bertz CT molecular complexity index is 451. The van der Waals surface area contributed by atoms with Gasteiger partial charge in [-0.3, -0.25) is 0 Å². The number of aryl methyl sites for hydroxylation is 2. The molecule has 0 saturated carbocycles. The zero-order valence-corrected chi connectivity index (χ0v) is 13.1. The number of ether oxygens (including phenoxy) is 1. The summed E-state index contributed by atoms with van der Waals surface area (Å²) in [6, 6.07) is 4.38. The van der Waals surface area contributed by atoms with E-state index in [4.69, 9.17) is 10.00 Å². The van der Waals surface area contributed by atoms with E-state index < -0.39 is 0 Å². The molecule has 0 amide bonds. The van der Waals surface area contributed by atoms with E-state index in [9.17, 15) is 0 Å². The van der Waals surface area contributed by atoms with Crippen molar-refractivity contribution in [2.45, 2.75) is 40.5 Å². The van der Waals surface area contributed by atoms with E-state index in [0.717, 1.165) is 31.0 Å². The largest absolute Gasteiger partial charge is 0.493 e. The Morgan fingerprint density at radius 2 is 2.11 bits per heavy atom. The summed E-state index contributed by atoms with van der Waals surface area (Å²) < 4.78 is 5.91. The van der Waals surface area contributed by atoms with E-state index in [1.807, 2.05) is 0 Å². The number of rotatable bonds is 7. The first-order valence-corrected chi connectivity index (χ1v) is 7.80. The van der Waals surface area contributed by atoms with Crippen molar-refractivity contribution in [3.63, 3.8) is 0 Å². The Hall–Kier alpha value is -1.14. The van der Waals surface area contributed by atoms with Crippen LogP contribution in [-0.2, 0) is 6.42 Å². The smallest absolute Gasteiger partial charge is 0.133 e. The molecule has 19 heavy (non-hydrogen) atoms. The Labute approximate surface area is 121 Å². The SMILES string of the molecule is CCCOc1c(C)cc(C)cc1CC(C)CSC#N. The fraction of sp³-hybridized carbons (Fsp3) is 0.562. The number of hydrogen-bond acceptors (Lipinski definition) is 3. The van der Waals surface area contributed by atoms with Crippen LogP contribution in [0.5, 0.6) is 5.75 Å². The minimum Gasteiger partial charge on any atom is -0.493 e. The highest BCUT2D eigenvalue weighted by Gasteiger charge is 2.12. The van der Waals surface area contributed by atoms with E-state index in [2.05, 4.69) is 45.2 Å². The van der Waals surface area contributed by atoms with Crippen molar-refractivity contribution in [3.8, 4) is 11.2 Å². The maximum Gasteiger partial charge on any atom is 0.133 e. The van der Waals surface area contributed by atoms with Crippen molar-refractivity contribution in [1.29, 1.82) is 5.26 Å². The monoisotopic (exact) mass is 277 g/mol. The maximum absolute atomic E-state index is 8.63. The number of hydrogen-bond donors (Lipinski definition) is 0. The molecule has 104 valence electrons. The highest BCUT2D eigenvalue weighted by Crippen LogP contribution is 2.28. The first kappa shape index (κ1) is 15.9. The molecule has 1 rings (SSSR count). The zero-order chi connectivity index (χ0) is 14.3. The predicted molar refractivity (Wildman–Crippen MR) is 82.6 cm³/mol. The summed E-state index contributed by atoms with van der Waals surface area (Å²) in [6.45, 7) is 9.30. The lowest BCUT2D eigenvalue weighted by molar-refractivity contribution is 0.311. The lowest BCUT2D eigenvalue weighted by Gasteiger charge is -2.17. The van der Waals surface area contributed by atoms with Gasteiger partial charge in [0.1, 0.15) is 11.2 Å². The van der Waals surface area contributed by atoms with Crippen LogP contribution < -0.4 is 4.74 Å². The van der Waals surface area contributed by atoms with E-state index in [1.165, 1.54) is 28.5 Å². The van der Waals surface area contributed by atoms with Crippen LogP contribution in [0.25, 0.3) is 0 Å². The molecule has 1 unspecified atom stereocenters. The molecule has 0 aromatic heterocycles. The van der Waals surface area contributed by atoms with Gasteiger partial charge in [0.05, 0.1) is 6.61 Å². The van der Waals surface area contributed by atoms with Gasteiger partial charge in [0.25, 0.3) is 0 Å². The molecule has 0 aliphatic carbocycles. The second-order valence-electron chi connectivity index (χ2n) is 5.13. The summed E-state index contributed by atoms with van der Waals surface area (Å²) in [6.07, 6.45) is 1.99. The second kappa shape index (κ2) is 8.12. The first-order valence-electron chi connectivity index (χ1n) is 6.82. The Kier molecular flexibility index (Phi) is 6.80. The Morgan fingerprint density at radius 1 is 1.37 bits per heavy atom. The third-order valence-corrected chi connectivity index (χ3v) is 3.81. The molecule has 0 aliphatic rings. The topological polar surface area (TPSA) is 33.0 Å². The maximum atomic E-state index is 8.63. The van der Waals surface area contributed by atoms with Crippen LogP contribution in [0.1, 0.15) is 37.0 Å². The van der Waals surface area contributed by atoms with E-state index in [-0.39, 0.29) is 0 Å². The molecule has 0 bridgehead atoms. The molecular weight excluding hydrogens is 254 g/mol. The van der Waals surface area contributed by atoms with Crippen LogP contribution in [0.15, 0.2) is 12.1 Å². The highest BCUT2D eigenvalue weighted by molar-refractivity contribution is 8.03. The average molecular weight is 277 g/mol. The van der Waals surface area contributed by atoms with Crippen LogP contribution >= 0.6 is 11.8 Å². The van der Waals surface area contributed by atoms with E-state index >= 15 is 0 Å². The molecule has 0 fully saturated rings. The number of nitriles is 1. The van der Waals surface area contributed by atoms with Crippen LogP contribution in [0.3, 0.4) is 0 Å². The summed E-state index contributed by atoms with van der Waals surface area (Å²) in [5.41, 5.74) is 3.76. The highest BCUT2D eigenvalue weighted by atomic mass is 32.2. The van der Waals surface area contributed by atoms with Gasteiger partial charge >= 0.3 is 0 Å². The molecule has 0 N–H and O–H groups in total. The summed E-state index contributed by atoms with van der Waals surface area (Å²) in [4.78, 5) is 0. The molecule has 1 aromatic carbocycles. The van der Waals surface area contributed by atoms with Gasteiger partial charge in [0.15, 0.2) is 0 Å². The summed E-state index contributed by atoms with van der Waals surface area (Å²) in [5, 5.41) is 10.8. The van der Waals surface area contributed by atoms with Gasteiger partial charge in [-0.15, -0.1) is 0 Å². The minimum absolute atomic E-state index is 0.481. The van der Waals surface area contributed by atoms with Crippen LogP contribution in [0.2, 0.25) is 0 Å². The van der Waals surface area contributed by atoms with Crippen molar-refractivity contribution >= 4 is 11.8 Å². The number of benzene rings is 1. The third-order valence-electron chi connectivity index (χ3n) is 2.95. The third kappa shape index (κ3) is 5.16. The van der Waals surface area contributed by atoms with Gasteiger partial charge < -0.3 is 4.74 Å². The zero-order valence-electron chi connectivity index (χ0n) is 12.3. The molecule has 1 aromatic rings. The quantitative estimate of drug-likeness (QED) is 0.689. The molecule has 1 atom stereocenters. The van der Waals surface area contributed by atoms with Gasteiger partial charge in [-0.05, 0) is 55.5 Å². The van der Waals surface area contributed by atoms with E-state index in [1.54, 1.807) is 0 Å². The molecule has 0 saturated heterocycles. The van der Waals surface area contributed by atoms with Crippen molar-refractivity contribution in [3.05, 3.63) is 28.8 Å². The van der Waals surface area contributed by atoms with Gasteiger partial charge in [-0.1, -0.05) is 31.5 Å². The van der Waals surface area contributed by atoms with Crippen molar-refractivity contribution < 1.29 is 4.74 Å². The average Bonchev–Trinajstić information content (AvgIpc) is 2.35. The van der Waals surface area contributed by atoms with Crippen LogP contribution in [-0.4, -0.2) is 12.4 Å². The van der Waals surface area contributed by atoms with Crippen molar-refractivity contribution in [2.24, 2.45) is 5.92 Å². The Balaban J connectivity index is 2.87. The van der Waals surface area contributed by atoms with Crippen molar-refractivity contribution in [2.75, 3.05) is 12.4 Å². The normalized spacial score (nSPS) is 11.9. The van der Waals surface area contributed by atoms with Crippen molar-refractivity contribution in [1.82, 2.24) is 0 Å². The van der Waals surface area contributed by atoms with Gasteiger partial charge in [0.2, 0.25) is 0 Å². The molecule has 3 heteroatoms. The predicted octanol–water partition coefficient (Wildman–Crippen LogP) is 4.49. The summed E-state index contributed by atoms with van der Waals surface area (Å²) in [7, 11) is 0. The summed E-state index contributed by atoms with van der Waals surface area (Å²) >= 11 is 1.33. The number of thiocyanates is 1. The van der Waals surface area contributed by atoms with E-state index in [0.29, 0.717) is 5.92 Å². The molecule has 0 spiro atoms. The minimum atomic E-state index is 0.481. The van der Waals surface area contributed by atoms with Crippen LogP contribution in [0.4, 0.5) is 0 Å². The van der Waals surface area contributed by atoms with Gasteiger partial charge in [-0.25, -0.2) is 0 Å². The lowest BCUT2D eigenvalue weighted by atomic mass is 9.97. The van der Waals surface area contributed by atoms with Gasteiger partial charge in [-0.2, -0.15) is 5.26 Å². The Morgan fingerprint density at radius 3 is 2.74 bits per heavy atom. The molecule has 0 aliphatic heterocycles. The summed E-state index contributed by atoms with van der Waals surface area (Å²) in [5.74, 6) is 2.40. The standard InChI is InChI=1S/C16H23NOS/c1-5-6-18-16-14(4)7-12(2)8-15(16)9-13(3)10-19-11-17/h7-8,13H,5-6,9-10H2,1-4H3. The molecular formula is C16H23NOS. The molecule has 2 nitrogen and oxygen atoms in total. The number of nitrogens with zero attached hydrogens (tertiary/aromatic N) is 1. The number of thioether (sulfide) groups is 1. The fourth-order valence-electron chi connectivity index (χ4n) is 2.22. The molecule has 0 heterocycles. The lowest BCUT2D eigenvalue weighted by Crippen LogP contribution is -2.07. The second-order valence-corrected chi connectivity index (χ2v) is 5.93. The van der Waals surface area contributed by atoms with Crippen LogP contribution in [0, 0.1) is 30.4 Å². The fourth-order valence-corrected chi connectivity index (χ4v) is 2.70.